The zero-order chi connectivity index (χ0) is 21.5. The molecule has 1 aliphatic heterocycles. The Kier molecular flexibility index (Phi) is 4.61. The Bertz CT molecular complexity index is 1310. The van der Waals surface area contributed by atoms with Crippen molar-refractivity contribution in [2.24, 2.45) is 5.92 Å². The SMILES string of the molecule is COc1ccc2ccccc2c1C1Nc2ccc(Nc3ccccc3)cc2C2C=CCC21. The third-order valence-corrected chi connectivity index (χ3v) is 6.89. The Labute approximate surface area is 188 Å². The van der Waals surface area contributed by atoms with Crippen LogP contribution in [0.1, 0.15) is 29.5 Å². The highest BCUT2D eigenvalue weighted by Gasteiger charge is 2.39. The zero-order valence-electron chi connectivity index (χ0n) is 18.1. The van der Waals surface area contributed by atoms with E-state index < -0.39 is 0 Å². The van der Waals surface area contributed by atoms with Crippen LogP contribution in [0.15, 0.2) is 97.1 Å². The summed E-state index contributed by atoms with van der Waals surface area (Å²) in [5.41, 5.74) is 6.06. The lowest BCUT2D eigenvalue weighted by atomic mass is 9.76. The van der Waals surface area contributed by atoms with Gasteiger partial charge in [0.25, 0.3) is 0 Å². The lowest BCUT2D eigenvalue weighted by molar-refractivity contribution is 0.383. The van der Waals surface area contributed by atoms with Crippen molar-refractivity contribution in [3.05, 3.63) is 108 Å². The number of methoxy groups -OCH3 is 1. The fraction of sp³-hybridized carbons (Fsp3) is 0.172. The van der Waals surface area contributed by atoms with E-state index in [4.69, 9.17) is 4.74 Å². The van der Waals surface area contributed by atoms with Crippen molar-refractivity contribution in [2.45, 2.75) is 18.4 Å². The second-order valence-corrected chi connectivity index (χ2v) is 8.67. The molecule has 32 heavy (non-hydrogen) atoms. The molecule has 4 aromatic carbocycles. The molecule has 3 heteroatoms. The Morgan fingerprint density at radius 1 is 0.875 bits per heavy atom. The molecule has 1 aliphatic carbocycles. The number of allylic oxidation sites excluding steroid dienone is 2. The molecule has 3 atom stereocenters. The van der Waals surface area contributed by atoms with Gasteiger partial charge in [-0.05, 0) is 65.1 Å². The van der Waals surface area contributed by atoms with Gasteiger partial charge in [-0.15, -0.1) is 0 Å². The van der Waals surface area contributed by atoms with Crippen molar-refractivity contribution in [1.82, 2.24) is 0 Å². The fourth-order valence-electron chi connectivity index (χ4n) is 5.42. The van der Waals surface area contributed by atoms with Gasteiger partial charge in [-0.3, -0.25) is 0 Å². The van der Waals surface area contributed by atoms with Gasteiger partial charge >= 0.3 is 0 Å². The summed E-state index contributed by atoms with van der Waals surface area (Å²) in [5, 5.41) is 9.96. The Balaban J connectivity index is 1.43. The maximum atomic E-state index is 5.86. The smallest absolute Gasteiger partial charge is 0.124 e. The maximum Gasteiger partial charge on any atom is 0.124 e. The predicted octanol–water partition coefficient (Wildman–Crippen LogP) is 7.42. The van der Waals surface area contributed by atoms with Crippen LogP contribution in [0.2, 0.25) is 0 Å². The first-order chi connectivity index (χ1) is 15.8. The molecular weight excluding hydrogens is 392 g/mol. The molecule has 4 aromatic rings. The summed E-state index contributed by atoms with van der Waals surface area (Å²) in [6, 6.07) is 30.1. The van der Waals surface area contributed by atoms with E-state index in [1.165, 1.54) is 27.6 Å². The van der Waals surface area contributed by atoms with Crippen molar-refractivity contribution in [3.63, 3.8) is 0 Å². The van der Waals surface area contributed by atoms with Crippen LogP contribution in [0, 0.1) is 5.92 Å². The number of ether oxygens (including phenoxy) is 1. The van der Waals surface area contributed by atoms with E-state index in [2.05, 4.69) is 102 Å². The molecule has 0 radical (unpaired) electrons. The van der Waals surface area contributed by atoms with Crippen molar-refractivity contribution in [2.75, 3.05) is 17.7 Å². The van der Waals surface area contributed by atoms with Crippen LogP contribution in [0.5, 0.6) is 5.75 Å². The molecule has 0 saturated carbocycles. The lowest BCUT2D eigenvalue weighted by Gasteiger charge is -2.38. The quantitative estimate of drug-likeness (QED) is 0.338. The van der Waals surface area contributed by atoms with Gasteiger partial charge in [-0.1, -0.05) is 60.7 Å². The minimum atomic E-state index is 0.191. The molecule has 1 heterocycles. The summed E-state index contributed by atoms with van der Waals surface area (Å²) in [6.07, 6.45) is 5.79. The summed E-state index contributed by atoms with van der Waals surface area (Å²) in [4.78, 5) is 0. The first-order valence-corrected chi connectivity index (χ1v) is 11.3. The molecule has 2 N–H and O–H groups in total. The topological polar surface area (TPSA) is 33.3 Å². The van der Waals surface area contributed by atoms with E-state index in [9.17, 15) is 0 Å². The van der Waals surface area contributed by atoms with Gasteiger partial charge in [0.05, 0.1) is 13.2 Å². The van der Waals surface area contributed by atoms with Gasteiger partial charge in [0, 0.05) is 28.5 Å². The number of nitrogens with one attached hydrogen (secondary N) is 2. The first-order valence-electron chi connectivity index (χ1n) is 11.3. The van der Waals surface area contributed by atoms with Crippen molar-refractivity contribution < 1.29 is 4.74 Å². The van der Waals surface area contributed by atoms with E-state index in [1.54, 1.807) is 7.11 Å². The third kappa shape index (κ3) is 3.13. The molecule has 3 nitrogen and oxygen atoms in total. The van der Waals surface area contributed by atoms with E-state index in [0.717, 1.165) is 23.5 Å². The number of rotatable bonds is 4. The van der Waals surface area contributed by atoms with Gasteiger partial charge in [0.2, 0.25) is 0 Å². The van der Waals surface area contributed by atoms with E-state index in [-0.39, 0.29) is 6.04 Å². The monoisotopic (exact) mass is 418 g/mol. The number of fused-ring (bicyclic) bond motifs is 4. The Morgan fingerprint density at radius 3 is 2.59 bits per heavy atom. The van der Waals surface area contributed by atoms with Gasteiger partial charge in [-0.25, -0.2) is 0 Å². The van der Waals surface area contributed by atoms with E-state index >= 15 is 0 Å². The molecule has 0 spiro atoms. The van der Waals surface area contributed by atoms with Crippen LogP contribution < -0.4 is 15.4 Å². The summed E-state index contributed by atoms with van der Waals surface area (Å²) < 4.78 is 5.86. The number of hydrogen-bond acceptors (Lipinski definition) is 3. The van der Waals surface area contributed by atoms with Crippen molar-refractivity contribution in [1.29, 1.82) is 0 Å². The predicted molar refractivity (Wildman–Crippen MR) is 133 cm³/mol. The van der Waals surface area contributed by atoms with Crippen molar-refractivity contribution >= 4 is 27.8 Å². The highest BCUT2D eigenvalue weighted by atomic mass is 16.5. The second kappa shape index (κ2) is 7.76. The fourth-order valence-corrected chi connectivity index (χ4v) is 5.42. The minimum Gasteiger partial charge on any atom is -0.496 e. The van der Waals surface area contributed by atoms with E-state index in [0.29, 0.717) is 11.8 Å². The standard InChI is InChI=1S/C29H26N2O/c1-32-27-17-14-19-8-5-6-11-22(19)28(27)29-24-13-7-12-23(24)25-18-21(15-16-26(25)31-29)30-20-9-3-2-4-10-20/h2-12,14-18,23-24,29-31H,13H2,1H3. The minimum absolute atomic E-state index is 0.191. The molecular formula is C29H26N2O. The average molecular weight is 419 g/mol. The molecule has 6 rings (SSSR count). The summed E-state index contributed by atoms with van der Waals surface area (Å²) in [7, 11) is 1.77. The third-order valence-electron chi connectivity index (χ3n) is 6.89. The molecule has 158 valence electrons. The molecule has 0 bridgehead atoms. The van der Waals surface area contributed by atoms with Gasteiger partial charge in [-0.2, -0.15) is 0 Å². The van der Waals surface area contributed by atoms with Gasteiger partial charge < -0.3 is 15.4 Å². The second-order valence-electron chi connectivity index (χ2n) is 8.67. The maximum absolute atomic E-state index is 5.86. The van der Waals surface area contributed by atoms with Gasteiger partial charge in [0.15, 0.2) is 0 Å². The number of anilines is 3. The molecule has 2 aliphatic rings. The number of benzene rings is 4. The Hall–Kier alpha value is -3.72. The van der Waals surface area contributed by atoms with Crippen LogP contribution in [-0.4, -0.2) is 7.11 Å². The van der Waals surface area contributed by atoms with Crippen LogP contribution in [0.4, 0.5) is 17.1 Å². The molecule has 0 saturated heterocycles. The molecule has 0 amide bonds. The summed E-state index contributed by atoms with van der Waals surface area (Å²) >= 11 is 0. The van der Waals surface area contributed by atoms with Crippen LogP contribution >= 0.6 is 0 Å². The van der Waals surface area contributed by atoms with Crippen LogP contribution in [0.25, 0.3) is 10.8 Å². The number of para-hydroxylation sites is 1. The van der Waals surface area contributed by atoms with Crippen LogP contribution in [-0.2, 0) is 0 Å². The summed E-state index contributed by atoms with van der Waals surface area (Å²) in [6.45, 7) is 0. The zero-order valence-corrected chi connectivity index (χ0v) is 18.1. The first kappa shape index (κ1) is 19.0. The Morgan fingerprint density at radius 2 is 1.72 bits per heavy atom. The van der Waals surface area contributed by atoms with E-state index in [1.807, 2.05) is 6.07 Å². The van der Waals surface area contributed by atoms with Crippen molar-refractivity contribution in [3.8, 4) is 5.75 Å². The highest BCUT2D eigenvalue weighted by Crippen LogP contribution is 2.52. The van der Waals surface area contributed by atoms with Gasteiger partial charge in [0.1, 0.15) is 5.75 Å². The summed E-state index contributed by atoms with van der Waals surface area (Å²) in [5.74, 6) is 1.80. The highest BCUT2D eigenvalue weighted by molar-refractivity contribution is 5.89. The number of hydrogen-bond donors (Lipinski definition) is 2. The average Bonchev–Trinajstić information content (AvgIpc) is 3.34. The molecule has 0 fully saturated rings. The molecule has 0 aromatic heterocycles. The normalized spacial score (nSPS) is 21.0. The lowest BCUT2D eigenvalue weighted by Crippen LogP contribution is -2.29. The largest absolute Gasteiger partial charge is 0.496 e. The molecule has 3 unspecified atom stereocenters. The van der Waals surface area contributed by atoms with Crippen LogP contribution in [0.3, 0.4) is 0 Å².